The fourth-order valence-corrected chi connectivity index (χ4v) is 0.378. The third-order valence-electron chi connectivity index (χ3n) is 1.52. The Morgan fingerprint density at radius 2 is 1.18 bits per heavy atom. The van der Waals surface area contributed by atoms with Crippen molar-refractivity contribution in [2.75, 3.05) is 0 Å². The van der Waals surface area contributed by atoms with Crippen molar-refractivity contribution >= 4 is 0 Å². The van der Waals surface area contributed by atoms with Crippen molar-refractivity contribution in [2.45, 2.75) is 40.8 Å². The standard InChI is InChI=1S/C6H11F3.C2H6/c1-4(2)5(3)6(7,8)9;1-2/h4-5H,1-3H3;1-2H3. The molecule has 0 radical (unpaired) electrons. The molecule has 1 atom stereocenters. The average molecular weight is 170 g/mol. The van der Waals surface area contributed by atoms with Crippen LogP contribution in [0.2, 0.25) is 0 Å². The van der Waals surface area contributed by atoms with Crippen LogP contribution in [0.25, 0.3) is 0 Å². The molecule has 70 valence electrons. The summed E-state index contributed by atoms with van der Waals surface area (Å²) in [5.74, 6) is -1.50. The van der Waals surface area contributed by atoms with E-state index in [4.69, 9.17) is 0 Å². The lowest BCUT2D eigenvalue weighted by molar-refractivity contribution is -0.180. The highest BCUT2D eigenvalue weighted by molar-refractivity contribution is 4.64. The fourth-order valence-electron chi connectivity index (χ4n) is 0.378. The summed E-state index contributed by atoms with van der Waals surface area (Å²) in [5, 5.41) is 0. The van der Waals surface area contributed by atoms with Gasteiger partial charge in [-0.1, -0.05) is 34.6 Å². The molecule has 0 rings (SSSR count). The highest BCUT2D eigenvalue weighted by Crippen LogP contribution is 2.30. The van der Waals surface area contributed by atoms with Crippen LogP contribution in [0.15, 0.2) is 0 Å². The Bertz CT molecular complexity index is 83.8. The van der Waals surface area contributed by atoms with Gasteiger partial charge in [-0.3, -0.25) is 0 Å². The van der Waals surface area contributed by atoms with E-state index in [1.807, 2.05) is 13.8 Å². The van der Waals surface area contributed by atoms with Gasteiger partial charge in [0.15, 0.2) is 0 Å². The van der Waals surface area contributed by atoms with Crippen LogP contribution >= 0.6 is 0 Å². The van der Waals surface area contributed by atoms with Crippen LogP contribution in [0.1, 0.15) is 34.6 Å². The Morgan fingerprint density at radius 1 is 0.909 bits per heavy atom. The van der Waals surface area contributed by atoms with Crippen LogP contribution in [0, 0.1) is 11.8 Å². The summed E-state index contributed by atoms with van der Waals surface area (Å²) in [5.41, 5.74) is 0. The Hall–Kier alpha value is -0.210. The van der Waals surface area contributed by atoms with Crippen LogP contribution in [0.5, 0.6) is 0 Å². The number of hydrogen-bond acceptors (Lipinski definition) is 0. The molecule has 0 saturated carbocycles. The molecule has 0 fully saturated rings. The minimum Gasteiger partial charge on any atom is -0.171 e. The molecule has 0 aromatic carbocycles. The number of rotatable bonds is 1. The molecule has 0 saturated heterocycles. The van der Waals surface area contributed by atoms with Gasteiger partial charge >= 0.3 is 6.18 Å². The maximum absolute atomic E-state index is 11.7. The molecule has 0 spiro atoms. The fraction of sp³-hybridized carbons (Fsp3) is 1.00. The van der Waals surface area contributed by atoms with E-state index in [1.54, 1.807) is 13.8 Å². The molecule has 0 aliphatic heterocycles. The average Bonchev–Trinajstić information content (AvgIpc) is 1.89. The lowest BCUT2D eigenvalue weighted by Crippen LogP contribution is -2.24. The Labute approximate surface area is 66.8 Å². The molecule has 0 amide bonds. The number of halogens is 3. The highest BCUT2D eigenvalue weighted by Gasteiger charge is 2.37. The van der Waals surface area contributed by atoms with Crippen molar-refractivity contribution in [1.29, 1.82) is 0 Å². The van der Waals surface area contributed by atoms with Gasteiger partial charge in [-0.15, -0.1) is 0 Å². The van der Waals surface area contributed by atoms with Crippen molar-refractivity contribution < 1.29 is 13.2 Å². The molecule has 0 aliphatic rings. The zero-order valence-electron chi connectivity index (χ0n) is 7.79. The molecule has 0 bridgehead atoms. The third-order valence-corrected chi connectivity index (χ3v) is 1.52. The zero-order chi connectivity index (χ0) is 9.65. The maximum atomic E-state index is 11.7. The first-order chi connectivity index (χ1) is 4.85. The van der Waals surface area contributed by atoms with E-state index >= 15 is 0 Å². The van der Waals surface area contributed by atoms with Crippen molar-refractivity contribution in [3.63, 3.8) is 0 Å². The van der Waals surface area contributed by atoms with Gasteiger partial charge in [-0.05, 0) is 5.92 Å². The second-order valence-electron chi connectivity index (χ2n) is 2.57. The zero-order valence-corrected chi connectivity index (χ0v) is 7.79. The van der Waals surface area contributed by atoms with Gasteiger partial charge < -0.3 is 0 Å². The van der Waals surface area contributed by atoms with Gasteiger partial charge in [0.25, 0.3) is 0 Å². The topological polar surface area (TPSA) is 0 Å². The molecule has 0 heterocycles. The normalized spacial score (nSPS) is 13.9. The van der Waals surface area contributed by atoms with Crippen molar-refractivity contribution in [3.05, 3.63) is 0 Å². The van der Waals surface area contributed by atoms with Gasteiger partial charge in [0.2, 0.25) is 0 Å². The summed E-state index contributed by atoms with van der Waals surface area (Å²) in [4.78, 5) is 0. The summed E-state index contributed by atoms with van der Waals surface area (Å²) in [6.07, 6.45) is -4.02. The predicted molar refractivity (Wildman–Crippen MR) is 41.4 cm³/mol. The first-order valence-corrected chi connectivity index (χ1v) is 3.92. The number of alkyl halides is 3. The molecule has 3 heteroatoms. The molecule has 0 aliphatic carbocycles. The van der Waals surface area contributed by atoms with E-state index in [9.17, 15) is 13.2 Å². The van der Waals surface area contributed by atoms with Gasteiger partial charge in [0.05, 0.1) is 5.92 Å². The van der Waals surface area contributed by atoms with E-state index in [2.05, 4.69) is 0 Å². The molecule has 11 heavy (non-hydrogen) atoms. The molecule has 0 nitrogen and oxygen atoms in total. The van der Waals surface area contributed by atoms with E-state index in [-0.39, 0.29) is 5.92 Å². The van der Waals surface area contributed by atoms with E-state index in [1.165, 1.54) is 6.92 Å². The van der Waals surface area contributed by atoms with Crippen molar-refractivity contribution in [2.24, 2.45) is 11.8 Å². The molecule has 0 aromatic rings. The van der Waals surface area contributed by atoms with Crippen LogP contribution in [0.3, 0.4) is 0 Å². The van der Waals surface area contributed by atoms with Crippen molar-refractivity contribution in [3.8, 4) is 0 Å². The quantitative estimate of drug-likeness (QED) is 0.560. The van der Waals surface area contributed by atoms with Crippen LogP contribution in [-0.4, -0.2) is 6.18 Å². The lowest BCUT2D eigenvalue weighted by Gasteiger charge is -2.18. The second-order valence-corrected chi connectivity index (χ2v) is 2.57. The van der Waals surface area contributed by atoms with Crippen LogP contribution in [0.4, 0.5) is 13.2 Å². The minimum absolute atomic E-state index is 0.315. The smallest absolute Gasteiger partial charge is 0.171 e. The first-order valence-electron chi connectivity index (χ1n) is 3.92. The van der Waals surface area contributed by atoms with Crippen LogP contribution < -0.4 is 0 Å². The minimum atomic E-state index is -4.02. The lowest BCUT2D eigenvalue weighted by atomic mass is 9.98. The molecule has 1 unspecified atom stereocenters. The second kappa shape index (κ2) is 5.44. The third kappa shape index (κ3) is 6.20. The molecule has 0 N–H and O–H groups in total. The molecular weight excluding hydrogens is 153 g/mol. The van der Waals surface area contributed by atoms with Gasteiger partial charge in [-0.2, -0.15) is 13.2 Å². The molecule has 0 aromatic heterocycles. The van der Waals surface area contributed by atoms with Crippen molar-refractivity contribution in [1.82, 2.24) is 0 Å². The van der Waals surface area contributed by atoms with E-state index in [0.717, 1.165) is 0 Å². The van der Waals surface area contributed by atoms with Gasteiger partial charge in [0.1, 0.15) is 0 Å². The van der Waals surface area contributed by atoms with E-state index < -0.39 is 12.1 Å². The van der Waals surface area contributed by atoms with Crippen LogP contribution in [-0.2, 0) is 0 Å². The summed E-state index contributed by atoms with van der Waals surface area (Å²) >= 11 is 0. The Morgan fingerprint density at radius 3 is 1.18 bits per heavy atom. The Balaban J connectivity index is 0. The SMILES string of the molecule is CC.CC(C)C(C)C(F)(F)F. The summed E-state index contributed by atoms with van der Waals surface area (Å²) in [7, 11) is 0. The first kappa shape index (κ1) is 13.4. The summed E-state index contributed by atoms with van der Waals surface area (Å²) < 4.78 is 35.1. The summed E-state index contributed by atoms with van der Waals surface area (Å²) in [6.45, 7) is 8.33. The van der Waals surface area contributed by atoms with Gasteiger partial charge in [-0.25, -0.2) is 0 Å². The van der Waals surface area contributed by atoms with E-state index in [0.29, 0.717) is 0 Å². The van der Waals surface area contributed by atoms with Gasteiger partial charge in [0, 0.05) is 0 Å². The maximum Gasteiger partial charge on any atom is 0.391 e. The predicted octanol–water partition coefficient (Wildman–Crippen LogP) is 3.87. The monoisotopic (exact) mass is 170 g/mol. The highest BCUT2D eigenvalue weighted by atomic mass is 19.4. The number of hydrogen-bond donors (Lipinski definition) is 0. The molecular formula is C8H17F3. The largest absolute Gasteiger partial charge is 0.391 e. The Kier molecular flexibility index (Phi) is 6.62. The summed E-state index contributed by atoms with van der Waals surface area (Å²) in [6, 6.07) is 0.